The largest absolute Gasteiger partial charge is 0.416 e. The second kappa shape index (κ2) is 5.66. The van der Waals surface area contributed by atoms with Crippen molar-refractivity contribution < 1.29 is 4.43 Å². The Bertz CT molecular complexity index is 213. The van der Waals surface area contributed by atoms with Crippen molar-refractivity contribution in [2.75, 3.05) is 6.61 Å². The summed E-state index contributed by atoms with van der Waals surface area (Å²) in [5.74, 6) is 0.414. The van der Waals surface area contributed by atoms with Crippen molar-refractivity contribution in [2.24, 2.45) is 5.92 Å². The molecule has 0 saturated carbocycles. The number of rotatable bonds is 6. The van der Waals surface area contributed by atoms with Gasteiger partial charge in [-0.3, -0.25) is 0 Å². The van der Waals surface area contributed by atoms with E-state index in [0.717, 1.165) is 13.0 Å². The first-order chi connectivity index (χ1) is 6.74. The molecule has 88 valence electrons. The minimum Gasteiger partial charge on any atom is -0.416 e. The lowest BCUT2D eigenvalue weighted by molar-refractivity contribution is 0.252. The molecule has 0 unspecified atom stereocenters. The third-order valence-corrected chi connectivity index (χ3v) is 7.77. The molecule has 0 saturated heterocycles. The van der Waals surface area contributed by atoms with Gasteiger partial charge in [-0.1, -0.05) is 32.9 Å². The summed E-state index contributed by atoms with van der Waals surface area (Å²) in [5.41, 5.74) is 0. The van der Waals surface area contributed by atoms with Crippen molar-refractivity contribution in [3.05, 3.63) is 25.3 Å². The van der Waals surface area contributed by atoms with Crippen LogP contribution in [0.1, 0.15) is 27.2 Å². The predicted molar refractivity (Wildman–Crippen MR) is 71.7 cm³/mol. The van der Waals surface area contributed by atoms with E-state index in [4.69, 9.17) is 4.43 Å². The summed E-state index contributed by atoms with van der Waals surface area (Å²) in [6, 6.07) is 0. The first kappa shape index (κ1) is 14.7. The van der Waals surface area contributed by atoms with Gasteiger partial charge in [0.15, 0.2) is 8.32 Å². The third-order valence-electron chi connectivity index (χ3n) is 3.27. The first-order valence-electron chi connectivity index (χ1n) is 5.62. The van der Waals surface area contributed by atoms with E-state index in [2.05, 4.69) is 47.0 Å². The quantitative estimate of drug-likeness (QED) is 0.482. The van der Waals surface area contributed by atoms with Gasteiger partial charge in [-0.2, -0.15) is 0 Å². The molecule has 0 radical (unpaired) electrons. The molecule has 0 rings (SSSR count). The van der Waals surface area contributed by atoms with Crippen molar-refractivity contribution in [3.8, 4) is 0 Å². The third kappa shape index (κ3) is 4.80. The first-order valence-corrected chi connectivity index (χ1v) is 8.53. The molecule has 0 bridgehead atoms. The van der Waals surface area contributed by atoms with Crippen molar-refractivity contribution in [3.63, 3.8) is 0 Å². The van der Waals surface area contributed by atoms with E-state index in [1.165, 1.54) is 0 Å². The Hall–Kier alpha value is -0.343. The highest BCUT2D eigenvalue weighted by molar-refractivity contribution is 6.74. The van der Waals surface area contributed by atoms with Crippen LogP contribution < -0.4 is 0 Å². The molecular weight excluding hydrogens is 200 g/mol. The Kier molecular flexibility index (Phi) is 5.53. The fourth-order valence-corrected chi connectivity index (χ4v) is 2.04. The maximum Gasteiger partial charge on any atom is 0.192 e. The zero-order chi connectivity index (χ0) is 12.1. The fourth-order valence-electron chi connectivity index (χ4n) is 0.978. The average molecular weight is 226 g/mol. The van der Waals surface area contributed by atoms with E-state index in [9.17, 15) is 0 Å². The van der Waals surface area contributed by atoms with Crippen LogP contribution in [0.25, 0.3) is 0 Å². The van der Waals surface area contributed by atoms with Crippen molar-refractivity contribution in [1.29, 1.82) is 0 Å². The van der Waals surface area contributed by atoms with Gasteiger partial charge in [-0.25, -0.2) is 0 Å². The Labute approximate surface area is 96.4 Å². The molecule has 0 spiro atoms. The normalized spacial score (nSPS) is 14.7. The van der Waals surface area contributed by atoms with Crippen molar-refractivity contribution in [1.82, 2.24) is 0 Å². The van der Waals surface area contributed by atoms with Crippen LogP contribution in [-0.4, -0.2) is 14.9 Å². The molecule has 0 aliphatic heterocycles. The van der Waals surface area contributed by atoms with Crippen LogP contribution in [0, 0.1) is 5.92 Å². The van der Waals surface area contributed by atoms with Crippen molar-refractivity contribution >= 4 is 8.32 Å². The summed E-state index contributed by atoms with van der Waals surface area (Å²) in [5, 5.41) is 0.285. The lowest BCUT2D eigenvalue weighted by atomic mass is 10.1. The van der Waals surface area contributed by atoms with Gasteiger partial charge in [0.2, 0.25) is 0 Å². The van der Waals surface area contributed by atoms with Crippen LogP contribution in [0.15, 0.2) is 25.3 Å². The van der Waals surface area contributed by atoms with Gasteiger partial charge >= 0.3 is 0 Å². The molecule has 0 amide bonds. The lowest BCUT2D eigenvalue weighted by Crippen LogP contribution is -2.41. The topological polar surface area (TPSA) is 9.23 Å². The Balaban J connectivity index is 4.24. The van der Waals surface area contributed by atoms with Crippen LogP contribution in [0.3, 0.4) is 0 Å². The monoisotopic (exact) mass is 226 g/mol. The van der Waals surface area contributed by atoms with E-state index >= 15 is 0 Å². The number of allylic oxidation sites excluding steroid dienone is 1. The molecule has 0 aliphatic rings. The van der Waals surface area contributed by atoms with E-state index in [-0.39, 0.29) is 5.04 Å². The molecule has 2 heteroatoms. The molecule has 0 aromatic carbocycles. The predicted octanol–water partition coefficient (Wildman–Crippen LogP) is 4.39. The fraction of sp³-hybridized carbons (Fsp3) is 0.692. The minimum absolute atomic E-state index is 0.285. The molecule has 0 aliphatic carbocycles. The van der Waals surface area contributed by atoms with Gasteiger partial charge < -0.3 is 4.43 Å². The van der Waals surface area contributed by atoms with Gasteiger partial charge in [0.1, 0.15) is 0 Å². The van der Waals surface area contributed by atoms with E-state index < -0.39 is 8.32 Å². The number of hydrogen-bond acceptors (Lipinski definition) is 1. The van der Waals surface area contributed by atoms with Gasteiger partial charge in [-0.15, -0.1) is 13.2 Å². The van der Waals surface area contributed by atoms with Crippen LogP contribution in [-0.2, 0) is 4.43 Å². The number of hydrogen-bond donors (Lipinski definition) is 0. The van der Waals surface area contributed by atoms with E-state index in [1.807, 2.05) is 12.2 Å². The minimum atomic E-state index is -1.60. The summed E-state index contributed by atoms with van der Waals surface area (Å²) in [6.45, 7) is 19.7. The van der Waals surface area contributed by atoms with Crippen LogP contribution in [0.2, 0.25) is 18.1 Å². The molecule has 0 fully saturated rings. The zero-order valence-corrected chi connectivity index (χ0v) is 12.0. The highest BCUT2D eigenvalue weighted by Crippen LogP contribution is 2.36. The SMILES string of the molecule is C=CC[C@@H](C=C)CO[Si](C)(C)C(C)(C)C. The summed E-state index contributed by atoms with van der Waals surface area (Å²) in [6.07, 6.45) is 4.86. The van der Waals surface area contributed by atoms with Crippen LogP contribution in [0.5, 0.6) is 0 Å². The molecule has 15 heavy (non-hydrogen) atoms. The molecule has 0 aromatic heterocycles. The van der Waals surface area contributed by atoms with Crippen molar-refractivity contribution in [2.45, 2.75) is 45.3 Å². The highest BCUT2D eigenvalue weighted by Gasteiger charge is 2.37. The Morgan fingerprint density at radius 1 is 1.27 bits per heavy atom. The second-order valence-corrected chi connectivity index (χ2v) is 10.4. The molecule has 0 heterocycles. The molecule has 1 nitrogen and oxygen atoms in total. The summed E-state index contributed by atoms with van der Waals surface area (Å²) < 4.78 is 6.12. The maximum absolute atomic E-state index is 6.12. The average Bonchev–Trinajstić information content (AvgIpc) is 2.10. The molecule has 0 aromatic rings. The van der Waals surface area contributed by atoms with Crippen LogP contribution in [0.4, 0.5) is 0 Å². The molecule has 0 N–H and O–H groups in total. The Morgan fingerprint density at radius 2 is 1.80 bits per heavy atom. The van der Waals surface area contributed by atoms with Gasteiger partial charge in [-0.05, 0) is 24.6 Å². The maximum atomic E-state index is 6.12. The standard InChI is InChI=1S/C13H26OSi/c1-8-10-12(9-2)11-14-15(6,7)13(3,4)5/h8-9,12H,1-2,10-11H2,3-7H3/t12-/m1/s1. The van der Waals surface area contributed by atoms with Gasteiger partial charge in [0, 0.05) is 12.5 Å². The zero-order valence-electron chi connectivity index (χ0n) is 11.0. The summed E-state index contributed by atoms with van der Waals surface area (Å²) in [7, 11) is -1.60. The van der Waals surface area contributed by atoms with E-state index in [0.29, 0.717) is 5.92 Å². The Morgan fingerprint density at radius 3 is 2.13 bits per heavy atom. The van der Waals surface area contributed by atoms with Crippen LogP contribution >= 0.6 is 0 Å². The van der Waals surface area contributed by atoms with Gasteiger partial charge in [0.25, 0.3) is 0 Å². The summed E-state index contributed by atoms with van der Waals surface area (Å²) in [4.78, 5) is 0. The highest BCUT2D eigenvalue weighted by atomic mass is 28.4. The van der Waals surface area contributed by atoms with Gasteiger partial charge in [0.05, 0.1) is 0 Å². The van der Waals surface area contributed by atoms with E-state index in [1.54, 1.807) is 0 Å². The molecule has 1 atom stereocenters. The second-order valence-electron chi connectivity index (χ2n) is 5.59. The molecular formula is C13H26OSi. The lowest BCUT2D eigenvalue weighted by Gasteiger charge is -2.37. The summed E-state index contributed by atoms with van der Waals surface area (Å²) >= 11 is 0. The smallest absolute Gasteiger partial charge is 0.192 e.